The monoisotopic (exact) mass is 333 g/mol. The Morgan fingerprint density at radius 3 is 2.26 bits per heavy atom. The molecule has 0 bridgehead atoms. The molecule has 0 aliphatic rings. The number of benzene rings is 1. The van der Waals surface area contributed by atoms with Gasteiger partial charge in [0.2, 0.25) is 0 Å². The van der Waals surface area contributed by atoms with Gasteiger partial charge in [0.15, 0.2) is 0 Å². The Hall–Kier alpha value is -1.60. The first-order valence-corrected chi connectivity index (χ1v) is 7.49. The van der Waals surface area contributed by atoms with Gasteiger partial charge in [-0.05, 0) is 45.0 Å². The highest BCUT2D eigenvalue weighted by molar-refractivity contribution is 5.96. The van der Waals surface area contributed by atoms with E-state index in [4.69, 9.17) is 9.47 Å². The summed E-state index contributed by atoms with van der Waals surface area (Å²) in [5.74, 6) is -0.302. The summed E-state index contributed by atoms with van der Waals surface area (Å²) >= 11 is 0. The molecule has 7 heteroatoms. The van der Waals surface area contributed by atoms with E-state index in [0.717, 1.165) is 12.1 Å². The van der Waals surface area contributed by atoms with Gasteiger partial charge in [0, 0.05) is 18.8 Å². The highest BCUT2D eigenvalue weighted by Gasteiger charge is 2.30. The van der Waals surface area contributed by atoms with Gasteiger partial charge in [-0.3, -0.25) is 4.79 Å². The van der Waals surface area contributed by atoms with E-state index in [-0.39, 0.29) is 12.5 Å². The lowest BCUT2D eigenvalue weighted by Gasteiger charge is -2.25. The van der Waals surface area contributed by atoms with Crippen molar-refractivity contribution in [3.63, 3.8) is 0 Å². The molecule has 0 saturated heterocycles. The highest BCUT2D eigenvalue weighted by atomic mass is 19.4. The van der Waals surface area contributed by atoms with Crippen molar-refractivity contribution >= 4 is 11.6 Å². The molecule has 130 valence electrons. The third-order valence-electron chi connectivity index (χ3n) is 3.24. The van der Waals surface area contributed by atoms with Crippen LogP contribution in [-0.4, -0.2) is 38.4 Å². The summed E-state index contributed by atoms with van der Waals surface area (Å²) in [6.45, 7) is 6.80. The minimum atomic E-state index is -4.39. The summed E-state index contributed by atoms with van der Waals surface area (Å²) in [6, 6.07) is 4.51. The lowest BCUT2D eigenvalue weighted by molar-refractivity contribution is -0.137. The Morgan fingerprint density at radius 2 is 1.78 bits per heavy atom. The fraction of sp³-hybridized carbons (Fsp3) is 0.562. The zero-order chi connectivity index (χ0) is 17.5. The summed E-state index contributed by atoms with van der Waals surface area (Å²) in [6.07, 6.45) is -5.09. The largest absolute Gasteiger partial charge is 0.416 e. The van der Waals surface area contributed by atoms with Crippen molar-refractivity contribution < 1.29 is 27.4 Å². The molecule has 1 amide bonds. The van der Waals surface area contributed by atoms with Crippen LogP contribution in [0.15, 0.2) is 24.3 Å². The van der Waals surface area contributed by atoms with E-state index in [9.17, 15) is 18.0 Å². The lowest BCUT2D eigenvalue weighted by Crippen LogP contribution is -2.39. The summed E-state index contributed by atoms with van der Waals surface area (Å²) in [5.41, 5.74) is -0.337. The maximum Gasteiger partial charge on any atom is 0.416 e. The molecule has 0 N–H and O–H groups in total. The number of carbonyl (C=O) groups excluding carboxylic acids is 1. The minimum Gasteiger partial charge on any atom is -0.379 e. The smallest absolute Gasteiger partial charge is 0.379 e. The summed E-state index contributed by atoms with van der Waals surface area (Å²) in [7, 11) is 0. The van der Waals surface area contributed by atoms with Crippen LogP contribution in [-0.2, 0) is 20.4 Å². The van der Waals surface area contributed by atoms with Crippen molar-refractivity contribution in [1.29, 1.82) is 0 Å². The Morgan fingerprint density at radius 1 is 1.17 bits per heavy atom. The normalized spacial score (nSPS) is 13.0. The van der Waals surface area contributed by atoms with E-state index in [1.54, 1.807) is 13.8 Å². The molecule has 0 unspecified atom stereocenters. The first-order valence-electron chi connectivity index (χ1n) is 7.49. The number of hydrogen-bond acceptors (Lipinski definition) is 3. The van der Waals surface area contributed by atoms with Crippen molar-refractivity contribution in [2.45, 2.75) is 33.1 Å². The van der Waals surface area contributed by atoms with E-state index in [1.165, 1.54) is 17.0 Å². The minimum absolute atomic E-state index is 0.283. The second-order valence-electron chi connectivity index (χ2n) is 4.84. The molecule has 23 heavy (non-hydrogen) atoms. The number of alkyl halides is 3. The third kappa shape index (κ3) is 5.84. The average molecular weight is 333 g/mol. The molecular formula is C16H22F3NO3. The fourth-order valence-corrected chi connectivity index (χ4v) is 2.01. The average Bonchev–Trinajstić information content (AvgIpc) is 2.51. The van der Waals surface area contributed by atoms with Crippen molar-refractivity contribution in [2.75, 3.05) is 31.3 Å². The number of ether oxygens (including phenoxy) is 2. The number of anilines is 1. The lowest BCUT2D eigenvalue weighted by atomic mass is 10.1. The SMILES string of the molecule is CCOCCO[C@@H](C)C(=O)N(CC)c1ccc(C(F)(F)F)cc1. The van der Waals surface area contributed by atoms with Gasteiger partial charge in [-0.1, -0.05) is 0 Å². The molecule has 1 aromatic carbocycles. The molecule has 0 aromatic heterocycles. The first-order chi connectivity index (χ1) is 10.8. The highest BCUT2D eigenvalue weighted by Crippen LogP contribution is 2.30. The van der Waals surface area contributed by atoms with Gasteiger partial charge in [0.05, 0.1) is 18.8 Å². The molecule has 0 aliphatic heterocycles. The van der Waals surface area contributed by atoms with Crippen LogP contribution in [0.4, 0.5) is 18.9 Å². The molecule has 1 atom stereocenters. The van der Waals surface area contributed by atoms with Crippen molar-refractivity contribution in [3.05, 3.63) is 29.8 Å². The van der Waals surface area contributed by atoms with Crippen molar-refractivity contribution in [2.24, 2.45) is 0 Å². The van der Waals surface area contributed by atoms with E-state index in [2.05, 4.69) is 0 Å². The second-order valence-corrected chi connectivity index (χ2v) is 4.84. The maximum atomic E-state index is 12.6. The van der Waals surface area contributed by atoms with Crippen LogP contribution in [0.25, 0.3) is 0 Å². The van der Waals surface area contributed by atoms with Gasteiger partial charge in [0.1, 0.15) is 6.10 Å². The molecule has 0 saturated carbocycles. The summed E-state index contributed by atoms with van der Waals surface area (Å²) in [4.78, 5) is 13.8. The third-order valence-corrected chi connectivity index (χ3v) is 3.24. The molecule has 1 rings (SSSR count). The Bertz CT molecular complexity index is 488. The van der Waals surface area contributed by atoms with Gasteiger partial charge < -0.3 is 14.4 Å². The van der Waals surface area contributed by atoms with Crippen LogP contribution in [0, 0.1) is 0 Å². The van der Waals surface area contributed by atoms with Crippen molar-refractivity contribution in [3.8, 4) is 0 Å². The molecule has 0 fully saturated rings. The van der Waals surface area contributed by atoms with Crippen LogP contribution in [0.5, 0.6) is 0 Å². The second kappa shape index (κ2) is 8.88. The predicted octanol–water partition coefficient (Wildman–Crippen LogP) is 3.50. The number of amides is 1. The number of carbonyl (C=O) groups is 1. The van der Waals surface area contributed by atoms with E-state index >= 15 is 0 Å². The Balaban J connectivity index is 2.73. The van der Waals surface area contributed by atoms with E-state index in [0.29, 0.717) is 25.4 Å². The summed E-state index contributed by atoms with van der Waals surface area (Å²) < 4.78 is 48.3. The van der Waals surface area contributed by atoms with E-state index in [1.807, 2.05) is 6.92 Å². The quantitative estimate of drug-likeness (QED) is 0.684. The molecule has 0 heterocycles. The zero-order valence-electron chi connectivity index (χ0n) is 13.5. The first kappa shape index (κ1) is 19.4. The Labute approximate surface area is 134 Å². The molecule has 0 aliphatic carbocycles. The molecule has 4 nitrogen and oxygen atoms in total. The predicted molar refractivity (Wildman–Crippen MR) is 81.4 cm³/mol. The molecular weight excluding hydrogens is 311 g/mol. The summed E-state index contributed by atoms with van der Waals surface area (Å²) in [5, 5.41) is 0. The van der Waals surface area contributed by atoms with Gasteiger partial charge in [-0.15, -0.1) is 0 Å². The number of rotatable bonds is 8. The van der Waals surface area contributed by atoms with Crippen LogP contribution in [0.1, 0.15) is 26.3 Å². The molecule has 0 spiro atoms. The molecule has 1 aromatic rings. The number of likely N-dealkylation sites (N-methyl/N-ethyl adjacent to an activating group) is 1. The number of nitrogens with zero attached hydrogens (tertiary/aromatic N) is 1. The standard InChI is InChI=1S/C16H22F3NO3/c1-4-20(15(21)12(3)23-11-10-22-5-2)14-8-6-13(7-9-14)16(17,18)19/h6-9,12H,4-5,10-11H2,1-3H3/t12-/m0/s1. The zero-order valence-corrected chi connectivity index (χ0v) is 13.5. The Kier molecular flexibility index (Phi) is 7.51. The number of hydrogen-bond donors (Lipinski definition) is 0. The van der Waals surface area contributed by atoms with Gasteiger partial charge in [-0.25, -0.2) is 0 Å². The van der Waals surface area contributed by atoms with Crippen LogP contribution in [0.2, 0.25) is 0 Å². The van der Waals surface area contributed by atoms with Crippen LogP contribution < -0.4 is 4.90 Å². The van der Waals surface area contributed by atoms with Gasteiger partial charge in [-0.2, -0.15) is 13.2 Å². The van der Waals surface area contributed by atoms with Crippen LogP contribution in [0.3, 0.4) is 0 Å². The maximum absolute atomic E-state index is 12.6. The van der Waals surface area contributed by atoms with E-state index < -0.39 is 17.8 Å². The van der Waals surface area contributed by atoms with Crippen LogP contribution >= 0.6 is 0 Å². The topological polar surface area (TPSA) is 38.8 Å². The number of halogens is 3. The molecule has 0 radical (unpaired) electrons. The van der Waals surface area contributed by atoms with Gasteiger partial charge in [0.25, 0.3) is 5.91 Å². The van der Waals surface area contributed by atoms with Gasteiger partial charge >= 0.3 is 6.18 Å². The van der Waals surface area contributed by atoms with Crippen molar-refractivity contribution in [1.82, 2.24) is 0 Å². The fourth-order valence-electron chi connectivity index (χ4n) is 2.01.